The van der Waals surface area contributed by atoms with Crippen LogP contribution in [0.1, 0.15) is 54.3 Å². The van der Waals surface area contributed by atoms with E-state index in [2.05, 4.69) is 25.7 Å². The molecule has 19 heavy (non-hydrogen) atoms. The molecule has 0 fully saturated rings. The van der Waals surface area contributed by atoms with Crippen molar-refractivity contribution in [3.05, 3.63) is 22.8 Å². The zero-order valence-corrected chi connectivity index (χ0v) is 11.4. The van der Waals surface area contributed by atoms with Gasteiger partial charge < -0.3 is 4.52 Å². The van der Waals surface area contributed by atoms with Gasteiger partial charge in [-0.25, -0.2) is 0 Å². The van der Waals surface area contributed by atoms with Gasteiger partial charge in [0.2, 0.25) is 5.95 Å². The first-order valence-corrected chi connectivity index (χ1v) is 6.21. The lowest BCUT2D eigenvalue weighted by molar-refractivity contribution is 0.102. The van der Waals surface area contributed by atoms with E-state index in [1.165, 1.54) is 0 Å². The van der Waals surface area contributed by atoms with Crippen molar-refractivity contribution in [2.75, 3.05) is 5.32 Å². The van der Waals surface area contributed by atoms with Gasteiger partial charge in [-0.3, -0.25) is 15.2 Å². The molecule has 2 heterocycles. The second-order valence-electron chi connectivity index (χ2n) is 4.57. The van der Waals surface area contributed by atoms with Crippen LogP contribution in [0.2, 0.25) is 0 Å². The summed E-state index contributed by atoms with van der Waals surface area (Å²) in [5.41, 5.74) is 1.02. The zero-order valence-electron chi connectivity index (χ0n) is 11.4. The van der Waals surface area contributed by atoms with E-state index in [9.17, 15) is 4.79 Å². The maximum absolute atomic E-state index is 12.1. The van der Waals surface area contributed by atoms with Crippen LogP contribution in [0.5, 0.6) is 0 Å². The molecule has 0 aromatic carbocycles. The molecule has 7 heteroatoms. The van der Waals surface area contributed by atoms with Crippen LogP contribution in [-0.2, 0) is 6.42 Å². The molecule has 0 radical (unpaired) electrons. The first-order chi connectivity index (χ1) is 9.02. The van der Waals surface area contributed by atoms with Gasteiger partial charge in [0, 0.05) is 12.3 Å². The highest BCUT2D eigenvalue weighted by Gasteiger charge is 2.20. The minimum atomic E-state index is -0.301. The van der Waals surface area contributed by atoms with Crippen LogP contribution in [0.3, 0.4) is 0 Å². The predicted molar refractivity (Wildman–Crippen MR) is 69.0 cm³/mol. The number of amides is 1. The molecule has 0 spiro atoms. The summed E-state index contributed by atoms with van der Waals surface area (Å²) in [7, 11) is 0. The fourth-order valence-electron chi connectivity index (χ4n) is 1.70. The summed E-state index contributed by atoms with van der Waals surface area (Å²) in [5.74, 6) is 1.48. The van der Waals surface area contributed by atoms with E-state index in [4.69, 9.17) is 4.52 Å². The van der Waals surface area contributed by atoms with Gasteiger partial charge in [-0.15, -0.1) is 5.10 Å². The van der Waals surface area contributed by atoms with Gasteiger partial charge >= 0.3 is 0 Å². The van der Waals surface area contributed by atoms with Crippen molar-refractivity contribution in [2.24, 2.45) is 0 Å². The highest BCUT2D eigenvalue weighted by molar-refractivity contribution is 6.04. The van der Waals surface area contributed by atoms with Gasteiger partial charge in [-0.05, 0) is 6.92 Å². The van der Waals surface area contributed by atoms with Crippen LogP contribution in [0.15, 0.2) is 4.52 Å². The number of carbonyl (C=O) groups is 1. The molecule has 0 bridgehead atoms. The Morgan fingerprint density at radius 3 is 2.79 bits per heavy atom. The topological polar surface area (TPSA) is 96.7 Å². The smallest absolute Gasteiger partial charge is 0.263 e. The molecule has 2 rings (SSSR count). The molecule has 2 aromatic rings. The first kappa shape index (κ1) is 13.3. The van der Waals surface area contributed by atoms with Crippen molar-refractivity contribution in [1.82, 2.24) is 20.3 Å². The predicted octanol–water partition coefficient (Wildman–Crippen LogP) is 2.04. The standard InChI is InChI=1S/C12H17N5O2/c1-5-8-9(7(4)17-19-8)11(18)14-12-13-10(6(2)3)15-16-12/h6H,5H2,1-4H3,(H2,13,14,15,16,18). The maximum Gasteiger partial charge on any atom is 0.263 e. The van der Waals surface area contributed by atoms with E-state index < -0.39 is 0 Å². The number of aryl methyl sites for hydroxylation is 2. The van der Waals surface area contributed by atoms with E-state index in [-0.39, 0.29) is 17.8 Å². The molecule has 0 unspecified atom stereocenters. The molecule has 2 N–H and O–H groups in total. The average molecular weight is 263 g/mol. The Kier molecular flexibility index (Phi) is 3.64. The molecule has 0 aliphatic rings. The van der Waals surface area contributed by atoms with Gasteiger partial charge in [0.15, 0.2) is 0 Å². The number of carbonyl (C=O) groups excluding carboxylic acids is 1. The average Bonchev–Trinajstić information content (AvgIpc) is 2.95. The van der Waals surface area contributed by atoms with Gasteiger partial charge in [-0.1, -0.05) is 25.9 Å². The molecule has 2 aromatic heterocycles. The number of aromatic nitrogens is 4. The van der Waals surface area contributed by atoms with Crippen molar-refractivity contribution < 1.29 is 9.32 Å². The summed E-state index contributed by atoms with van der Waals surface area (Å²) in [6.45, 7) is 7.62. The number of H-pyrrole nitrogens is 1. The van der Waals surface area contributed by atoms with E-state index in [0.29, 0.717) is 23.4 Å². The Morgan fingerprint density at radius 1 is 1.47 bits per heavy atom. The third kappa shape index (κ3) is 2.64. The van der Waals surface area contributed by atoms with E-state index >= 15 is 0 Å². The van der Waals surface area contributed by atoms with Gasteiger partial charge in [-0.2, -0.15) is 4.98 Å². The van der Waals surface area contributed by atoms with Crippen molar-refractivity contribution in [2.45, 2.75) is 40.0 Å². The lowest BCUT2D eigenvalue weighted by Gasteiger charge is -2.00. The monoisotopic (exact) mass is 263 g/mol. The van der Waals surface area contributed by atoms with Gasteiger partial charge in [0.1, 0.15) is 17.1 Å². The maximum atomic E-state index is 12.1. The van der Waals surface area contributed by atoms with Gasteiger partial charge in [0.05, 0.1) is 5.69 Å². The van der Waals surface area contributed by atoms with E-state index in [1.54, 1.807) is 6.92 Å². The largest absolute Gasteiger partial charge is 0.360 e. The third-order valence-corrected chi connectivity index (χ3v) is 2.76. The second kappa shape index (κ2) is 5.21. The molecule has 0 saturated carbocycles. The summed E-state index contributed by atoms with van der Waals surface area (Å²) < 4.78 is 5.09. The Hall–Kier alpha value is -2.18. The number of hydrogen-bond acceptors (Lipinski definition) is 5. The molecule has 0 atom stereocenters. The normalized spacial score (nSPS) is 11.0. The lowest BCUT2D eigenvalue weighted by atomic mass is 10.1. The van der Waals surface area contributed by atoms with Crippen molar-refractivity contribution in [3.63, 3.8) is 0 Å². The SMILES string of the molecule is CCc1onc(C)c1C(=O)Nc1n[nH]c(C(C)C)n1. The molecular formula is C12H17N5O2. The van der Waals surface area contributed by atoms with Crippen LogP contribution >= 0.6 is 0 Å². The summed E-state index contributed by atoms with van der Waals surface area (Å²) in [4.78, 5) is 16.3. The van der Waals surface area contributed by atoms with Crippen LogP contribution in [-0.4, -0.2) is 26.2 Å². The van der Waals surface area contributed by atoms with Crippen molar-refractivity contribution in [1.29, 1.82) is 0 Å². The minimum absolute atomic E-state index is 0.224. The van der Waals surface area contributed by atoms with E-state index in [1.807, 2.05) is 20.8 Å². The fourth-order valence-corrected chi connectivity index (χ4v) is 1.70. The number of nitrogens with zero attached hydrogens (tertiary/aromatic N) is 3. The highest BCUT2D eigenvalue weighted by Crippen LogP contribution is 2.16. The van der Waals surface area contributed by atoms with E-state index in [0.717, 1.165) is 5.82 Å². The van der Waals surface area contributed by atoms with Crippen molar-refractivity contribution >= 4 is 11.9 Å². The first-order valence-electron chi connectivity index (χ1n) is 6.21. The van der Waals surface area contributed by atoms with Gasteiger partial charge in [0.25, 0.3) is 5.91 Å². The Labute approximate surface area is 110 Å². The second-order valence-corrected chi connectivity index (χ2v) is 4.57. The Morgan fingerprint density at radius 2 is 2.21 bits per heavy atom. The van der Waals surface area contributed by atoms with Crippen LogP contribution in [0.4, 0.5) is 5.95 Å². The molecule has 7 nitrogen and oxygen atoms in total. The number of anilines is 1. The molecule has 0 aliphatic heterocycles. The third-order valence-electron chi connectivity index (χ3n) is 2.76. The fraction of sp³-hybridized carbons (Fsp3) is 0.500. The quantitative estimate of drug-likeness (QED) is 0.879. The summed E-state index contributed by atoms with van der Waals surface area (Å²) in [6, 6.07) is 0. The number of nitrogens with one attached hydrogen (secondary N) is 2. The number of rotatable bonds is 4. The molecule has 102 valence electrons. The summed E-state index contributed by atoms with van der Waals surface area (Å²) in [6.07, 6.45) is 0.606. The highest BCUT2D eigenvalue weighted by atomic mass is 16.5. The molecular weight excluding hydrogens is 246 g/mol. The van der Waals surface area contributed by atoms with Crippen LogP contribution in [0.25, 0.3) is 0 Å². The van der Waals surface area contributed by atoms with Crippen LogP contribution in [0, 0.1) is 6.92 Å². The van der Waals surface area contributed by atoms with Crippen molar-refractivity contribution in [3.8, 4) is 0 Å². The molecule has 0 aliphatic carbocycles. The lowest BCUT2D eigenvalue weighted by Crippen LogP contribution is -2.15. The number of hydrogen-bond donors (Lipinski definition) is 2. The molecule has 1 amide bonds. The number of aromatic amines is 1. The minimum Gasteiger partial charge on any atom is -0.360 e. The molecule has 0 saturated heterocycles. The van der Waals surface area contributed by atoms with Crippen LogP contribution < -0.4 is 5.32 Å². The Balaban J connectivity index is 2.18. The summed E-state index contributed by atoms with van der Waals surface area (Å²) in [5, 5.41) is 13.2. The Bertz CT molecular complexity index is 585. The summed E-state index contributed by atoms with van der Waals surface area (Å²) >= 11 is 0. The zero-order chi connectivity index (χ0) is 14.0.